The maximum Gasteiger partial charge on any atom is 0.224 e. The molecule has 19 heavy (non-hydrogen) atoms. The first kappa shape index (κ1) is 13.3. The number of rotatable bonds is 2. The van der Waals surface area contributed by atoms with Crippen molar-refractivity contribution in [1.29, 1.82) is 0 Å². The van der Waals surface area contributed by atoms with E-state index in [0.717, 1.165) is 29.9 Å². The van der Waals surface area contributed by atoms with Crippen molar-refractivity contribution < 1.29 is 4.21 Å². The fourth-order valence-electron chi connectivity index (χ4n) is 2.67. The first-order valence-electron chi connectivity index (χ1n) is 6.55. The van der Waals surface area contributed by atoms with Gasteiger partial charge in [0.05, 0.1) is 16.5 Å². The van der Waals surface area contributed by atoms with Crippen molar-refractivity contribution >= 4 is 28.2 Å². The van der Waals surface area contributed by atoms with Crippen LogP contribution < -0.4 is 5.32 Å². The minimum Gasteiger partial charge on any atom is -0.363 e. The molecule has 1 unspecified atom stereocenters. The zero-order chi connectivity index (χ0) is 13.8. The summed E-state index contributed by atoms with van der Waals surface area (Å²) in [6.45, 7) is 6.65. The van der Waals surface area contributed by atoms with E-state index in [1.54, 1.807) is 0 Å². The van der Waals surface area contributed by atoms with Crippen molar-refractivity contribution in [3.05, 3.63) is 11.0 Å². The second kappa shape index (κ2) is 4.16. The third-order valence-corrected chi connectivity index (χ3v) is 5.83. The van der Waals surface area contributed by atoms with Gasteiger partial charge in [0.2, 0.25) is 5.28 Å². The van der Waals surface area contributed by atoms with E-state index in [0.29, 0.717) is 11.6 Å². The second-order valence-corrected chi connectivity index (χ2v) is 8.22. The Morgan fingerprint density at radius 3 is 2.58 bits per heavy atom. The van der Waals surface area contributed by atoms with Crippen LogP contribution in [0.2, 0.25) is 5.28 Å². The summed E-state index contributed by atoms with van der Waals surface area (Å²) in [5, 5.41) is 3.75. The highest BCUT2D eigenvalue weighted by Gasteiger charge is 2.52. The van der Waals surface area contributed by atoms with Gasteiger partial charge >= 0.3 is 0 Å². The lowest BCUT2D eigenvalue weighted by molar-refractivity contribution is 0.322. The number of halogens is 1. The molecule has 0 spiro atoms. The number of hydrogen-bond acceptors (Lipinski definition) is 4. The minimum atomic E-state index is -0.997. The normalized spacial score (nSPS) is 24.1. The molecule has 6 heteroatoms. The molecule has 1 aliphatic heterocycles. The minimum absolute atomic E-state index is 0.0469. The largest absolute Gasteiger partial charge is 0.363 e. The summed E-state index contributed by atoms with van der Waals surface area (Å²) in [7, 11) is -0.997. The van der Waals surface area contributed by atoms with Crippen LogP contribution in [0, 0.1) is 5.41 Å². The molecule has 0 bridgehead atoms. The van der Waals surface area contributed by atoms with E-state index in [4.69, 9.17) is 11.6 Å². The maximum absolute atomic E-state index is 12.1. The van der Waals surface area contributed by atoms with Crippen LogP contribution in [0.4, 0.5) is 5.82 Å². The van der Waals surface area contributed by atoms with Crippen LogP contribution in [-0.2, 0) is 17.2 Å². The Morgan fingerprint density at radius 1 is 1.32 bits per heavy atom. The molecule has 3 rings (SSSR count). The average Bonchev–Trinajstić information content (AvgIpc) is 2.98. The Bertz CT molecular complexity index is 564. The smallest absolute Gasteiger partial charge is 0.224 e. The van der Waals surface area contributed by atoms with Crippen LogP contribution in [0.25, 0.3) is 0 Å². The summed E-state index contributed by atoms with van der Waals surface area (Å²) in [6, 6.07) is 0. The molecular formula is C13H18ClN3OS. The van der Waals surface area contributed by atoms with E-state index < -0.39 is 10.8 Å². The van der Waals surface area contributed by atoms with Gasteiger partial charge in [0.25, 0.3) is 0 Å². The van der Waals surface area contributed by atoms with E-state index in [2.05, 4.69) is 36.1 Å². The molecule has 1 N–H and O–H groups in total. The number of anilines is 1. The lowest BCUT2D eigenvalue weighted by Gasteiger charge is -2.32. The molecule has 1 atom stereocenters. The molecule has 0 aromatic carbocycles. The quantitative estimate of drug-likeness (QED) is 0.853. The van der Waals surface area contributed by atoms with Crippen molar-refractivity contribution in [3.63, 3.8) is 0 Å². The fraction of sp³-hybridized carbons (Fsp3) is 0.692. The van der Waals surface area contributed by atoms with Crippen LogP contribution in [0.15, 0.2) is 4.90 Å². The molecule has 0 saturated heterocycles. The van der Waals surface area contributed by atoms with E-state index in [1.165, 1.54) is 0 Å². The van der Waals surface area contributed by atoms with Gasteiger partial charge in [-0.3, -0.25) is 4.21 Å². The summed E-state index contributed by atoms with van der Waals surface area (Å²) in [5.41, 5.74) is 1.02. The number of aromatic nitrogens is 2. The van der Waals surface area contributed by atoms with E-state index >= 15 is 0 Å². The van der Waals surface area contributed by atoms with Crippen molar-refractivity contribution in [2.75, 3.05) is 11.1 Å². The highest BCUT2D eigenvalue weighted by atomic mass is 35.5. The summed E-state index contributed by atoms with van der Waals surface area (Å²) < 4.78 is 12.1. The summed E-state index contributed by atoms with van der Waals surface area (Å²) >= 11 is 5.98. The molecule has 1 saturated carbocycles. The maximum atomic E-state index is 12.1. The summed E-state index contributed by atoms with van der Waals surface area (Å²) in [6.07, 6.45) is 2.94. The molecule has 2 aliphatic rings. The Labute approximate surface area is 120 Å². The molecule has 1 fully saturated rings. The lowest BCUT2D eigenvalue weighted by atomic mass is 9.84. The van der Waals surface area contributed by atoms with E-state index in [9.17, 15) is 4.21 Å². The third kappa shape index (κ3) is 2.17. The topological polar surface area (TPSA) is 54.9 Å². The summed E-state index contributed by atoms with van der Waals surface area (Å²) in [4.78, 5) is 9.25. The molecule has 1 aromatic heterocycles. The molecule has 0 amide bonds. The van der Waals surface area contributed by atoms with Gasteiger partial charge in [-0.2, -0.15) is 4.98 Å². The highest BCUT2D eigenvalue weighted by Crippen LogP contribution is 2.52. The van der Waals surface area contributed by atoms with E-state index in [-0.39, 0.29) is 16.2 Å². The van der Waals surface area contributed by atoms with Crippen molar-refractivity contribution in [1.82, 2.24) is 9.97 Å². The standard InChI is InChI=1S/C13H18ClN3OS/c1-12(2,3)13(5-6-13)17-10-9-8(4-7-19(9)18)15-11(14)16-10/h4-7H2,1-3H3,(H,15,16,17). The number of nitrogens with zero attached hydrogens (tertiary/aromatic N) is 2. The SMILES string of the molecule is CC(C)(C)C1(Nc2nc(Cl)nc3c2S(=O)CC3)CC1. The molecule has 4 nitrogen and oxygen atoms in total. The van der Waals surface area contributed by atoms with Crippen LogP contribution >= 0.6 is 11.6 Å². The molecule has 1 aliphatic carbocycles. The fourth-order valence-corrected chi connectivity index (χ4v) is 4.16. The van der Waals surface area contributed by atoms with E-state index in [1.807, 2.05) is 0 Å². The predicted molar refractivity (Wildman–Crippen MR) is 77.1 cm³/mol. The number of nitrogens with one attached hydrogen (secondary N) is 1. The third-order valence-electron chi connectivity index (χ3n) is 4.20. The van der Waals surface area contributed by atoms with Gasteiger partial charge < -0.3 is 5.32 Å². The van der Waals surface area contributed by atoms with Gasteiger partial charge in [0.1, 0.15) is 10.7 Å². The Morgan fingerprint density at radius 2 is 2.00 bits per heavy atom. The molecule has 0 radical (unpaired) electrons. The summed E-state index contributed by atoms with van der Waals surface area (Å²) in [5.74, 6) is 1.31. The zero-order valence-corrected chi connectivity index (χ0v) is 13.0. The van der Waals surface area contributed by atoms with Crippen LogP contribution in [0.3, 0.4) is 0 Å². The Kier molecular flexibility index (Phi) is 2.91. The second-order valence-electron chi connectivity index (χ2n) is 6.37. The van der Waals surface area contributed by atoms with Crippen LogP contribution in [-0.4, -0.2) is 25.5 Å². The lowest BCUT2D eigenvalue weighted by Crippen LogP contribution is -2.37. The Balaban J connectivity index is 2.01. The monoisotopic (exact) mass is 299 g/mol. The van der Waals surface area contributed by atoms with Crippen molar-refractivity contribution in [3.8, 4) is 0 Å². The number of aryl methyl sites for hydroxylation is 1. The number of hydrogen-bond donors (Lipinski definition) is 1. The number of fused-ring (bicyclic) bond motifs is 1. The first-order chi connectivity index (χ1) is 8.82. The van der Waals surface area contributed by atoms with Gasteiger partial charge in [0, 0.05) is 17.7 Å². The molecular weight excluding hydrogens is 282 g/mol. The highest BCUT2D eigenvalue weighted by molar-refractivity contribution is 7.85. The van der Waals surface area contributed by atoms with Gasteiger partial charge in [-0.15, -0.1) is 0 Å². The zero-order valence-electron chi connectivity index (χ0n) is 11.4. The average molecular weight is 300 g/mol. The molecule has 104 valence electrons. The molecule has 1 aromatic rings. The van der Waals surface area contributed by atoms with Gasteiger partial charge in [-0.25, -0.2) is 4.98 Å². The van der Waals surface area contributed by atoms with Crippen LogP contribution in [0.5, 0.6) is 0 Å². The predicted octanol–water partition coefficient (Wildman–Crippen LogP) is 2.78. The van der Waals surface area contributed by atoms with Gasteiger partial charge in [-0.05, 0) is 29.9 Å². The Hall–Kier alpha value is -0.680. The van der Waals surface area contributed by atoms with Crippen molar-refractivity contribution in [2.24, 2.45) is 5.41 Å². The van der Waals surface area contributed by atoms with Crippen LogP contribution in [0.1, 0.15) is 39.3 Å². The molecule has 2 heterocycles. The van der Waals surface area contributed by atoms with Crippen molar-refractivity contribution in [2.45, 2.75) is 50.5 Å². The van der Waals surface area contributed by atoms with Gasteiger partial charge in [-0.1, -0.05) is 20.8 Å². The first-order valence-corrected chi connectivity index (χ1v) is 8.25. The van der Waals surface area contributed by atoms with Gasteiger partial charge in [0.15, 0.2) is 0 Å².